The van der Waals surface area contributed by atoms with E-state index >= 15 is 0 Å². The van der Waals surface area contributed by atoms with Gasteiger partial charge in [0.15, 0.2) is 0 Å². The Kier molecular flexibility index (Phi) is 5.28. The predicted octanol–water partition coefficient (Wildman–Crippen LogP) is 4.94. The fourth-order valence-electron chi connectivity index (χ4n) is 4.20. The molecule has 1 heterocycles. The third-order valence-electron chi connectivity index (χ3n) is 5.68. The van der Waals surface area contributed by atoms with Crippen LogP contribution in [0, 0.1) is 5.92 Å². The zero-order chi connectivity index (χ0) is 18.6. The summed E-state index contributed by atoms with van der Waals surface area (Å²) in [5.41, 5.74) is 2.96. The highest BCUT2D eigenvalue weighted by molar-refractivity contribution is 5.81. The Labute approximate surface area is 158 Å². The number of carbonyl (C=O) groups excluding carboxylic acids is 1. The summed E-state index contributed by atoms with van der Waals surface area (Å²) in [6.45, 7) is 0. The van der Waals surface area contributed by atoms with Gasteiger partial charge in [-0.2, -0.15) is 0 Å². The van der Waals surface area contributed by atoms with Gasteiger partial charge in [0, 0.05) is 29.8 Å². The molecule has 0 bridgehead atoms. The van der Waals surface area contributed by atoms with Crippen LogP contribution in [0.5, 0.6) is 0 Å². The molecular weight excluding hydrogens is 341 g/mol. The van der Waals surface area contributed by atoms with E-state index in [1.54, 1.807) is 12.4 Å². The average molecular weight is 365 g/mol. The minimum Gasteiger partial charge on any atom is -0.330 e. The van der Waals surface area contributed by atoms with E-state index in [2.05, 4.69) is 21.4 Å². The lowest BCUT2D eigenvalue weighted by Crippen LogP contribution is -2.27. The van der Waals surface area contributed by atoms with Gasteiger partial charge in [-0.05, 0) is 56.2 Å². The van der Waals surface area contributed by atoms with Crippen molar-refractivity contribution in [3.8, 4) is 0 Å². The Morgan fingerprint density at radius 3 is 2.67 bits per heavy atom. The number of hydrogen-bond acceptors (Lipinski definition) is 3. The third kappa shape index (κ3) is 4.24. The lowest BCUT2D eigenvalue weighted by atomic mass is 9.78. The van der Waals surface area contributed by atoms with Crippen molar-refractivity contribution in [2.45, 2.75) is 50.9 Å². The maximum atomic E-state index is 13.0. The molecule has 0 atom stereocenters. The molecule has 2 aromatic rings. The van der Waals surface area contributed by atoms with Crippen LogP contribution >= 0.6 is 0 Å². The van der Waals surface area contributed by atoms with Crippen LogP contribution in [0.15, 0.2) is 54.3 Å². The van der Waals surface area contributed by atoms with Crippen molar-refractivity contribution in [1.29, 1.82) is 0 Å². The second kappa shape index (κ2) is 7.99. The maximum absolute atomic E-state index is 13.0. The summed E-state index contributed by atoms with van der Waals surface area (Å²) in [7, 11) is 0. The molecule has 4 nitrogen and oxygen atoms in total. The van der Waals surface area contributed by atoms with Gasteiger partial charge in [0.1, 0.15) is 12.2 Å². The zero-order valence-electron chi connectivity index (χ0n) is 15.3. The van der Waals surface area contributed by atoms with Crippen LogP contribution in [0.25, 0.3) is 10.9 Å². The number of fused-ring (bicyclic) bond motifs is 1. The van der Waals surface area contributed by atoms with Crippen molar-refractivity contribution in [3.63, 3.8) is 0 Å². The molecule has 0 spiro atoms. The van der Waals surface area contributed by atoms with Crippen molar-refractivity contribution in [3.05, 3.63) is 60.0 Å². The van der Waals surface area contributed by atoms with Gasteiger partial charge in [-0.15, -0.1) is 0 Å². The summed E-state index contributed by atoms with van der Waals surface area (Å²) in [4.78, 5) is 21.2. The second-order valence-corrected chi connectivity index (χ2v) is 7.55. The molecule has 4 rings (SSSR count). The molecule has 1 aromatic carbocycles. The third-order valence-corrected chi connectivity index (χ3v) is 5.68. The van der Waals surface area contributed by atoms with Gasteiger partial charge in [0.2, 0.25) is 5.91 Å². The Hall–Kier alpha value is -2.56. The van der Waals surface area contributed by atoms with Gasteiger partial charge in [-0.25, -0.2) is 14.4 Å². The summed E-state index contributed by atoms with van der Waals surface area (Å²) in [6.07, 6.45) is 10.4. The van der Waals surface area contributed by atoms with E-state index in [9.17, 15) is 9.18 Å². The minimum absolute atomic E-state index is 0.0490. The van der Waals surface area contributed by atoms with Gasteiger partial charge in [-0.1, -0.05) is 18.2 Å². The highest BCUT2D eigenvalue weighted by Gasteiger charge is 2.26. The molecule has 0 saturated heterocycles. The van der Waals surface area contributed by atoms with Crippen LogP contribution < -0.4 is 5.32 Å². The molecule has 140 valence electrons. The quantitative estimate of drug-likeness (QED) is 0.835. The number of hydrogen-bond donors (Lipinski definition) is 1. The number of allylic oxidation sites excluding steroid dienone is 4. The highest BCUT2D eigenvalue weighted by Crippen LogP contribution is 2.38. The predicted molar refractivity (Wildman–Crippen MR) is 104 cm³/mol. The van der Waals surface area contributed by atoms with Gasteiger partial charge in [0.25, 0.3) is 0 Å². The van der Waals surface area contributed by atoms with E-state index in [0.29, 0.717) is 31.1 Å². The van der Waals surface area contributed by atoms with Crippen molar-refractivity contribution >= 4 is 16.8 Å². The number of nitrogens with one attached hydrogen (secondary N) is 1. The maximum Gasteiger partial charge on any atom is 0.224 e. The first-order chi connectivity index (χ1) is 13.2. The molecule has 1 amide bonds. The Bertz CT molecular complexity index is 892. The van der Waals surface area contributed by atoms with Crippen molar-refractivity contribution < 1.29 is 9.18 Å². The first-order valence-electron chi connectivity index (χ1n) is 9.74. The van der Waals surface area contributed by atoms with Gasteiger partial charge < -0.3 is 5.32 Å². The molecule has 5 heteroatoms. The molecule has 27 heavy (non-hydrogen) atoms. The normalized spacial score (nSPS) is 22.9. The van der Waals surface area contributed by atoms with E-state index in [-0.39, 0.29) is 11.7 Å². The smallest absolute Gasteiger partial charge is 0.224 e. The zero-order valence-corrected chi connectivity index (χ0v) is 15.3. The van der Waals surface area contributed by atoms with Crippen LogP contribution in [0.1, 0.15) is 56.6 Å². The summed E-state index contributed by atoms with van der Waals surface area (Å²) >= 11 is 0. The number of para-hydroxylation sites is 1. The molecule has 1 N–H and O–H groups in total. The van der Waals surface area contributed by atoms with Crippen molar-refractivity contribution in [1.82, 2.24) is 15.3 Å². The fourth-order valence-corrected chi connectivity index (χ4v) is 4.20. The minimum atomic E-state index is -0.122. The number of benzene rings is 1. The second-order valence-electron chi connectivity index (χ2n) is 7.55. The van der Waals surface area contributed by atoms with Crippen LogP contribution in [0.2, 0.25) is 0 Å². The van der Waals surface area contributed by atoms with Gasteiger partial charge in [-0.3, -0.25) is 4.79 Å². The summed E-state index contributed by atoms with van der Waals surface area (Å²) < 4.78 is 13.0. The Balaban J connectivity index is 1.33. The van der Waals surface area contributed by atoms with Crippen LogP contribution in [0.3, 0.4) is 0 Å². The van der Waals surface area contributed by atoms with Gasteiger partial charge in [0.05, 0.1) is 11.2 Å². The van der Waals surface area contributed by atoms with E-state index in [1.165, 1.54) is 6.08 Å². The molecule has 0 aliphatic heterocycles. The van der Waals surface area contributed by atoms with Crippen LogP contribution in [0.4, 0.5) is 4.39 Å². The SMILES string of the molecule is O=C(CC1CCC(c2ncnc3ccccc23)CC1)NC1=CC=C(F)CC1. The molecule has 0 unspecified atom stereocenters. The molecule has 1 saturated carbocycles. The Morgan fingerprint density at radius 1 is 1.07 bits per heavy atom. The fraction of sp³-hybridized carbons (Fsp3) is 0.409. The molecule has 0 radical (unpaired) electrons. The number of nitrogens with zero attached hydrogens (tertiary/aromatic N) is 2. The lowest BCUT2D eigenvalue weighted by Gasteiger charge is -2.28. The monoisotopic (exact) mass is 365 g/mol. The van der Waals surface area contributed by atoms with E-state index in [1.807, 2.05) is 18.2 Å². The van der Waals surface area contributed by atoms with Crippen LogP contribution in [-0.2, 0) is 4.79 Å². The highest BCUT2D eigenvalue weighted by atomic mass is 19.1. The molecule has 1 fully saturated rings. The van der Waals surface area contributed by atoms with E-state index in [4.69, 9.17) is 0 Å². The number of halogens is 1. The average Bonchev–Trinajstić information content (AvgIpc) is 2.70. The Morgan fingerprint density at radius 2 is 1.89 bits per heavy atom. The topological polar surface area (TPSA) is 54.9 Å². The number of carbonyl (C=O) groups is 1. The number of amides is 1. The molecule has 2 aliphatic carbocycles. The van der Waals surface area contributed by atoms with Crippen LogP contribution in [-0.4, -0.2) is 15.9 Å². The van der Waals surface area contributed by atoms with Crippen molar-refractivity contribution in [2.75, 3.05) is 0 Å². The molecule has 2 aliphatic rings. The first-order valence-corrected chi connectivity index (χ1v) is 9.74. The van der Waals surface area contributed by atoms with E-state index < -0.39 is 0 Å². The van der Waals surface area contributed by atoms with E-state index in [0.717, 1.165) is 48.0 Å². The molecule has 1 aromatic heterocycles. The number of rotatable bonds is 4. The largest absolute Gasteiger partial charge is 0.330 e. The standard InChI is InChI=1S/C22H24FN3O/c23-17-9-11-18(12-10-17)26-21(27)13-15-5-7-16(8-6-15)22-19-3-1-2-4-20(19)24-14-25-22/h1-4,9,11,14-16H,5-8,10,12-13H2,(H,26,27). The first kappa shape index (κ1) is 17.8. The van der Waals surface area contributed by atoms with Gasteiger partial charge >= 0.3 is 0 Å². The van der Waals surface area contributed by atoms with Crippen molar-refractivity contribution in [2.24, 2.45) is 5.92 Å². The lowest BCUT2D eigenvalue weighted by molar-refractivity contribution is -0.121. The summed E-state index contributed by atoms with van der Waals surface area (Å²) in [5, 5.41) is 4.09. The molecular formula is C22H24FN3O. The number of aromatic nitrogens is 2. The summed E-state index contributed by atoms with van der Waals surface area (Å²) in [6, 6.07) is 8.16. The summed E-state index contributed by atoms with van der Waals surface area (Å²) in [5.74, 6) is 0.772.